The molecule has 2 aliphatic rings. The van der Waals surface area contributed by atoms with Gasteiger partial charge < -0.3 is 10.2 Å². The van der Waals surface area contributed by atoms with Gasteiger partial charge in [0.1, 0.15) is 0 Å². The van der Waals surface area contributed by atoms with Crippen molar-refractivity contribution in [3.63, 3.8) is 0 Å². The molecule has 4 nitrogen and oxygen atoms in total. The van der Waals surface area contributed by atoms with Crippen molar-refractivity contribution in [3.8, 4) is 0 Å². The Bertz CT molecular complexity index is 409. The highest BCUT2D eigenvalue weighted by Crippen LogP contribution is 2.24. The van der Waals surface area contributed by atoms with Crippen LogP contribution in [0.3, 0.4) is 0 Å². The van der Waals surface area contributed by atoms with Gasteiger partial charge in [0, 0.05) is 39.3 Å². The molecule has 0 aromatic rings. The minimum absolute atomic E-state index is 0.0557. The second kappa shape index (κ2) is 7.73. The molecular weight excluding hydrogens is 305 g/mol. The highest BCUT2D eigenvalue weighted by atomic mass is 19.4. The van der Waals surface area contributed by atoms with Crippen LogP contribution in [0, 0.1) is 11.8 Å². The molecule has 2 saturated heterocycles. The Balaban J connectivity index is 1.80. The van der Waals surface area contributed by atoms with Crippen molar-refractivity contribution < 1.29 is 13.2 Å². The summed E-state index contributed by atoms with van der Waals surface area (Å²) in [5, 5.41) is 3.36. The van der Waals surface area contributed by atoms with Crippen LogP contribution in [0.25, 0.3) is 0 Å². The van der Waals surface area contributed by atoms with Crippen LogP contribution in [0.1, 0.15) is 33.1 Å². The summed E-state index contributed by atoms with van der Waals surface area (Å²) < 4.78 is 37.4. The van der Waals surface area contributed by atoms with Crippen molar-refractivity contribution in [2.24, 2.45) is 16.8 Å². The van der Waals surface area contributed by atoms with Crippen LogP contribution in [0.15, 0.2) is 4.99 Å². The van der Waals surface area contributed by atoms with Crippen LogP contribution in [-0.2, 0) is 0 Å². The molecule has 134 valence electrons. The van der Waals surface area contributed by atoms with Crippen molar-refractivity contribution >= 4 is 5.96 Å². The monoisotopic (exact) mass is 334 g/mol. The summed E-state index contributed by atoms with van der Waals surface area (Å²) in [5.74, 6) is 2.23. The van der Waals surface area contributed by atoms with E-state index in [0.717, 1.165) is 25.5 Å². The number of likely N-dealkylation sites (tertiary alicyclic amines) is 2. The van der Waals surface area contributed by atoms with E-state index in [1.54, 1.807) is 7.05 Å². The Kier molecular flexibility index (Phi) is 6.17. The van der Waals surface area contributed by atoms with Crippen LogP contribution >= 0.6 is 0 Å². The Morgan fingerprint density at radius 1 is 1.22 bits per heavy atom. The molecule has 0 aliphatic carbocycles. The second-order valence-corrected chi connectivity index (χ2v) is 7.26. The molecule has 2 heterocycles. The molecule has 2 atom stereocenters. The van der Waals surface area contributed by atoms with Gasteiger partial charge in [0.05, 0.1) is 6.54 Å². The normalized spacial score (nSPS) is 27.3. The van der Waals surface area contributed by atoms with Crippen LogP contribution < -0.4 is 5.32 Å². The zero-order chi connectivity index (χ0) is 17.0. The first-order valence-corrected chi connectivity index (χ1v) is 8.54. The average Bonchev–Trinajstić information content (AvgIpc) is 3.03. The Hall–Kier alpha value is -0.980. The number of guanidine groups is 1. The first kappa shape index (κ1) is 18.4. The topological polar surface area (TPSA) is 30.9 Å². The molecule has 0 aromatic carbocycles. The summed E-state index contributed by atoms with van der Waals surface area (Å²) in [4.78, 5) is 8.06. The standard InChI is InChI=1S/C16H29F3N4/c1-12(2)8-13-4-7-23(9-13)15(20-3)21-14-5-6-22(10-14)11-16(17,18)19/h12-14H,4-11H2,1-3H3,(H,20,21). The second-order valence-electron chi connectivity index (χ2n) is 7.26. The summed E-state index contributed by atoms with van der Waals surface area (Å²) >= 11 is 0. The zero-order valence-corrected chi connectivity index (χ0v) is 14.4. The van der Waals surface area contributed by atoms with E-state index in [1.807, 2.05) is 0 Å². The van der Waals surface area contributed by atoms with Gasteiger partial charge in [-0.2, -0.15) is 13.2 Å². The maximum Gasteiger partial charge on any atom is 0.401 e. The fourth-order valence-corrected chi connectivity index (χ4v) is 3.71. The van der Waals surface area contributed by atoms with Crippen molar-refractivity contribution in [1.29, 1.82) is 0 Å². The van der Waals surface area contributed by atoms with Gasteiger partial charge in [-0.15, -0.1) is 0 Å². The maximum absolute atomic E-state index is 12.5. The SMILES string of the molecule is CN=C(NC1CCN(CC(F)(F)F)C1)N1CCC(CC(C)C)C1. The smallest absolute Gasteiger partial charge is 0.352 e. The van der Waals surface area contributed by atoms with E-state index in [2.05, 4.69) is 29.1 Å². The van der Waals surface area contributed by atoms with Crippen molar-refractivity contribution in [2.75, 3.05) is 39.8 Å². The zero-order valence-electron chi connectivity index (χ0n) is 14.4. The molecule has 0 bridgehead atoms. The van der Waals surface area contributed by atoms with Gasteiger partial charge >= 0.3 is 6.18 Å². The molecule has 1 N–H and O–H groups in total. The predicted molar refractivity (Wildman–Crippen MR) is 86.5 cm³/mol. The molecule has 23 heavy (non-hydrogen) atoms. The number of hydrogen-bond acceptors (Lipinski definition) is 2. The fraction of sp³-hybridized carbons (Fsp3) is 0.938. The maximum atomic E-state index is 12.5. The first-order chi connectivity index (χ1) is 10.8. The molecule has 0 aromatic heterocycles. The lowest BCUT2D eigenvalue weighted by Crippen LogP contribution is -2.46. The van der Waals surface area contributed by atoms with Gasteiger partial charge in [-0.05, 0) is 31.1 Å². The number of nitrogens with zero attached hydrogens (tertiary/aromatic N) is 3. The molecule has 2 unspecified atom stereocenters. The number of alkyl halides is 3. The van der Waals surface area contributed by atoms with Gasteiger partial charge in [-0.25, -0.2) is 0 Å². The summed E-state index contributed by atoms with van der Waals surface area (Å²) in [6, 6.07) is 0.0557. The molecule has 2 fully saturated rings. The fourth-order valence-electron chi connectivity index (χ4n) is 3.71. The van der Waals surface area contributed by atoms with E-state index in [4.69, 9.17) is 0 Å². The number of aliphatic imine (C=N–C) groups is 1. The van der Waals surface area contributed by atoms with Gasteiger partial charge in [0.15, 0.2) is 5.96 Å². The quantitative estimate of drug-likeness (QED) is 0.633. The van der Waals surface area contributed by atoms with Gasteiger partial charge in [0.2, 0.25) is 0 Å². The molecule has 0 amide bonds. The average molecular weight is 334 g/mol. The van der Waals surface area contributed by atoms with Crippen LogP contribution in [0.4, 0.5) is 13.2 Å². The third-order valence-corrected chi connectivity index (χ3v) is 4.61. The Morgan fingerprint density at radius 3 is 2.57 bits per heavy atom. The van der Waals surface area contributed by atoms with E-state index in [0.29, 0.717) is 24.9 Å². The molecular formula is C16H29F3N4. The molecule has 2 aliphatic heterocycles. The number of nitrogens with one attached hydrogen (secondary N) is 1. The van der Waals surface area contributed by atoms with Gasteiger partial charge in [0.25, 0.3) is 0 Å². The van der Waals surface area contributed by atoms with Crippen molar-refractivity contribution in [1.82, 2.24) is 15.1 Å². The van der Waals surface area contributed by atoms with E-state index in [9.17, 15) is 13.2 Å². The third kappa shape index (κ3) is 5.86. The van der Waals surface area contributed by atoms with Crippen LogP contribution in [0.2, 0.25) is 0 Å². The summed E-state index contributed by atoms with van der Waals surface area (Å²) in [6.07, 6.45) is -0.992. The molecule has 0 spiro atoms. The van der Waals surface area contributed by atoms with E-state index >= 15 is 0 Å². The lowest BCUT2D eigenvalue weighted by atomic mass is 9.97. The Morgan fingerprint density at radius 2 is 1.96 bits per heavy atom. The predicted octanol–water partition coefficient (Wildman–Crippen LogP) is 2.57. The van der Waals surface area contributed by atoms with E-state index in [-0.39, 0.29) is 6.04 Å². The largest absolute Gasteiger partial charge is 0.401 e. The number of halogens is 3. The molecule has 0 radical (unpaired) electrons. The van der Waals surface area contributed by atoms with Gasteiger partial charge in [-0.3, -0.25) is 9.89 Å². The summed E-state index contributed by atoms with van der Waals surface area (Å²) in [5.41, 5.74) is 0. The highest BCUT2D eigenvalue weighted by Gasteiger charge is 2.35. The van der Waals surface area contributed by atoms with E-state index < -0.39 is 12.7 Å². The number of rotatable bonds is 4. The lowest BCUT2D eigenvalue weighted by molar-refractivity contribution is -0.143. The summed E-state index contributed by atoms with van der Waals surface area (Å²) in [7, 11) is 1.75. The molecule has 2 rings (SSSR count). The number of hydrogen-bond donors (Lipinski definition) is 1. The lowest BCUT2D eigenvalue weighted by Gasteiger charge is -2.25. The molecule has 7 heteroatoms. The minimum atomic E-state index is -4.12. The van der Waals surface area contributed by atoms with Crippen molar-refractivity contribution in [2.45, 2.75) is 45.3 Å². The third-order valence-electron chi connectivity index (χ3n) is 4.61. The van der Waals surface area contributed by atoms with Crippen LogP contribution in [-0.4, -0.2) is 67.7 Å². The minimum Gasteiger partial charge on any atom is -0.352 e. The van der Waals surface area contributed by atoms with E-state index in [1.165, 1.54) is 17.7 Å². The molecule has 0 saturated carbocycles. The van der Waals surface area contributed by atoms with Crippen LogP contribution in [0.5, 0.6) is 0 Å². The Labute approximate surface area is 137 Å². The summed E-state index contributed by atoms with van der Waals surface area (Å²) in [6.45, 7) is 6.57. The highest BCUT2D eigenvalue weighted by molar-refractivity contribution is 5.80. The van der Waals surface area contributed by atoms with Crippen molar-refractivity contribution in [3.05, 3.63) is 0 Å². The first-order valence-electron chi connectivity index (χ1n) is 8.54. The van der Waals surface area contributed by atoms with Gasteiger partial charge in [-0.1, -0.05) is 13.8 Å².